The van der Waals surface area contributed by atoms with Crippen LogP contribution in [0, 0.1) is 11.8 Å². The summed E-state index contributed by atoms with van der Waals surface area (Å²) < 4.78 is 2.07. The van der Waals surface area contributed by atoms with Crippen molar-refractivity contribution >= 4 is 22.6 Å². The van der Waals surface area contributed by atoms with Gasteiger partial charge in [0, 0.05) is 37.5 Å². The van der Waals surface area contributed by atoms with E-state index in [4.69, 9.17) is 0 Å². The molecule has 21 heavy (non-hydrogen) atoms. The van der Waals surface area contributed by atoms with Gasteiger partial charge in [-0.05, 0) is 48.3 Å². The zero-order chi connectivity index (χ0) is 14.4. The number of aromatic nitrogens is 1. The van der Waals surface area contributed by atoms with E-state index in [0.29, 0.717) is 0 Å². The molecule has 4 nitrogen and oxygen atoms in total. The van der Waals surface area contributed by atoms with Crippen molar-refractivity contribution in [2.45, 2.75) is 19.3 Å². The highest BCUT2D eigenvalue weighted by atomic mass is 16.2. The monoisotopic (exact) mass is 283 g/mol. The summed E-state index contributed by atoms with van der Waals surface area (Å²) in [7, 11) is 2.02. The molecule has 2 atom stereocenters. The minimum atomic E-state index is 0.0537. The fourth-order valence-electron chi connectivity index (χ4n) is 3.94. The lowest BCUT2D eigenvalue weighted by Crippen LogP contribution is -2.33. The number of hydrogen-bond acceptors (Lipinski definition) is 1. The molecule has 1 saturated heterocycles. The summed E-state index contributed by atoms with van der Waals surface area (Å²) >= 11 is 0. The zero-order valence-electron chi connectivity index (χ0n) is 12.4. The first kappa shape index (κ1) is 12.7. The largest absolute Gasteiger partial charge is 0.350 e. The number of amides is 2. The summed E-state index contributed by atoms with van der Waals surface area (Å²) in [6.07, 6.45) is 5.97. The zero-order valence-corrected chi connectivity index (χ0v) is 12.4. The van der Waals surface area contributed by atoms with Gasteiger partial charge in [-0.15, -0.1) is 0 Å². The topological polar surface area (TPSA) is 37.3 Å². The SMILES string of the molecule is Cn1ccc2ccc(NC(=O)N3C[C@H]4CCC[C@@H]4C3)cc21. The van der Waals surface area contributed by atoms with Crippen LogP contribution in [0.1, 0.15) is 19.3 Å². The number of rotatable bonds is 1. The van der Waals surface area contributed by atoms with Crippen molar-refractivity contribution in [2.75, 3.05) is 18.4 Å². The molecular formula is C17H21N3O. The van der Waals surface area contributed by atoms with Crippen molar-refractivity contribution in [2.24, 2.45) is 18.9 Å². The highest BCUT2D eigenvalue weighted by molar-refractivity contribution is 5.93. The van der Waals surface area contributed by atoms with Crippen LogP contribution in [0.3, 0.4) is 0 Å². The van der Waals surface area contributed by atoms with E-state index in [1.54, 1.807) is 0 Å². The molecule has 1 aliphatic heterocycles. The molecule has 0 spiro atoms. The van der Waals surface area contributed by atoms with E-state index in [-0.39, 0.29) is 6.03 Å². The van der Waals surface area contributed by atoms with Crippen molar-refractivity contribution in [3.8, 4) is 0 Å². The number of carbonyl (C=O) groups is 1. The lowest BCUT2D eigenvalue weighted by atomic mass is 10.0. The van der Waals surface area contributed by atoms with Gasteiger partial charge in [0.15, 0.2) is 0 Å². The summed E-state index contributed by atoms with van der Waals surface area (Å²) in [5.74, 6) is 1.48. The molecule has 1 aromatic carbocycles. The number of nitrogens with zero attached hydrogens (tertiary/aromatic N) is 2. The standard InChI is InChI=1S/C17H21N3O/c1-19-8-7-12-5-6-15(9-16(12)19)18-17(21)20-10-13-3-2-4-14(13)11-20/h5-9,13-14H,2-4,10-11H2,1H3,(H,18,21)/t13-,14-/m1/s1. The molecule has 1 aromatic heterocycles. The van der Waals surface area contributed by atoms with Crippen LogP contribution in [0.25, 0.3) is 10.9 Å². The van der Waals surface area contributed by atoms with Crippen LogP contribution in [-0.4, -0.2) is 28.6 Å². The van der Waals surface area contributed by atoms with Gasteiger partial charge in [0.25, 0.3) is 0 Å². The second kappa shape index (κ2) is 4.79. The molecule has 2 fully saturated rings. The Kier molecular flexibility index (Phi) is 2.91. The molecule has 2 amide bonds. The van der Waals surface area contributed by atoms with Crippen LogP contribution < -0.4 is 5.32 Å². The van der Waals surface area contributed by atoms with E-state index < -0.39 is 0 Å². The first-order valence-electron chi connectivity index (χ1n) is 7.82. The summed E-state index contributed by atoms with van der Waals surface area (Å²) in [6, 6.07) is 8.23. The molecule has 2 aromatic rings. The van der Waals surface area contributed by atoms with Crippen LogP contribution in [0.15, 0.2) is 30.5 Å². The van der Waals surface area contributed by atoms with E-state index in [1.807, 2.05) is 30.3 Å². The molecular weight excluding hydrogens is 262 g/mol. The number of likely N-dealkylation sites (tertiary alicyclic amines) is 1. The number of hydrogen-bond donors (Lipinski definition) is 1. The number of benzene rings is 1. The van der Waals surface area contributed by atoms with Gasteiger partial charge in [0.2, 0.25) is 0 Å². The van der Waals surface area contributed by atoms with Gasteiger partial charge in [-0.1, -0.05) is 12.5 Å². The molecule has 0 unspecified atom stereocenters. The number of nitrogens with one attached hydrogen (secondary N) is 1. The fourth-order valence-corrected chi connectivity index (χ4v) is 3.94. The first-order chi connectivity index (χ1) is 10.2. The Morgan fingerprint density at radius 2 is 1.95 bits per heavy atom. The van der Waals surface area contributed by atoms with Gasteiger partial charge in [-0.2, -0.15) is 0 Å². The molecule has 4 heteroatoms. The number of aryl methyl sites for hydroxylation is 1. The normalized spacial score (nSPS) is 24.5. The Hall–Kier alpha value is -1.97. The lowest BCUT2D eigenvalue weighted by molar-refractivity contribution is 0.219. The van der Waals surface area contributed by atoms with Crippen LogP contribution in [0.2, 0.25) is 0 Å². The Morgan fingerprint density at radius 1 is 1.19 bits per heavy atom. The van der Waals surface area contributed by atoms with E-state index in [0.717, 1.165) is 36.1 Å². The molecule has 1 saturated carbocycles. The van der Waals surface area contributed by atoms with Crippen molar-refractivity contribution in [3.05, 3.63) is 30.5 Å². The summed E-state index contributed by atoms with van der Waals surface area (Å²) in [6.45, 7) is 1.87. The molecule has 0 radical (unpaired) electrons. The third kappa shape index (κ3) is 2.19. The summed E-state index contributed by atoms with van der Waals surface area (Å²) in [5.41, 5.74) is 2.03. The first-order valence-corrected chi connectivity index (χ1v) is 7.82. The maximum absolute atomic E-state index is 12.4. The van der Waals surface area contributed by atoms with Crippen LogP contribution >= 0.6 is 0 Å². The van der Waals surface area contributed by atoms with E-state index in [9.17, 15) is 4.79 Å². The Balaban J connectivity index is 1.49. The van der Waals surface area contributed by atoms with Crippen molar-refractivity contribution < 1.29 is 4.79 Å². The van der Waals surface area contributed by atoms with Crippen molar-refractivity contribution in [1.29, 1.82) is 0 Å². The van der Waals surface area contributed by atoms with Gasteiger partial charge in [-0.3, -0.25) is 0 Å². The molecule has 110 valence electrons. The van der Waals surface area contributed by atoms with E-state index in [1.165, 1.54) is 24.6 Å². The van der Waals surface area contributed by atoms with Gasteiger partial charge in [-0.25, -0.2) is 4.79 Å². The predicted molar refractivity (Wildman–Crippen MR) is 84.3 cm³/mol. The third-order valence-electron chi connectivity index (χ3n) is 5.15. The molecule has 0 bridgehead atoms. The molecule has 4 rings (SSSR count). The van der Waals surface area contributed by atoms with Gasteiger partial charge in [0.05, 0.1) is 0 Å². The average Bonchev–Trinajstić information content (AvgIpc) is 3.14. The minimum Gasteiger partial charge on any atom is -0.350 e. The Morgan fingerprint density at radius 3 is 2.71 bits per heavy atom. The highest BCUT2D eigenvalue weighted by Gasteiger charge is 2.37. The van der Waals surface area contributed by atoms with E-state index in [2.05, 4.69) is 22.0 Å². The van der Waals surface area contributed by atoms with Crippen LogP contribution in [0.5, 0.6) is 0 Å². The van der Waals surface area contributed by atoms with Gasteiger partial charge >= 0.3 is 6.03 Å². The van der Waals surface area contributed by atoms with Gasteiger partial charge < -0.3 is 14.8 Å². The molecule has 1 N–H and O–H groups in total. The maximum atomic E-state index is 12.4. The van der Waals surface area contributed by atoms with E-state index >= 15 is 0 Å². The number of urea groups is 1. The lowest BCUT2D eigenvalue weighted by Gasteiger charge is -2.18. The third-order valence-corrected chi connectivity index (χ3v) is 5.15. The molecule has 1 aliphatic carbocycles. The van der Waals surface area contributed by atoms with Gasteiger partial charge in [0.1, 0.15) is 0 Å². The summed E-state index contributed by atoms with van der Waals surface area (Å²) in [4.78, 5) is 14.4. The summed E-state index contributed by atoms with van der Waals surface area (Å²) in [5, 5.41) is 4.26. The average molecular weight is 283 g/mol. The molecule has 2 aliphatic rings. The molecule has 2 heterocycles. The number of fused-ring (bicyclic) bond motifs is 2. The fraction of sp³-hybridized carbons (Fsp3) is 0.471. The van der Waals surface area contributed by atoms with Crippen molar-refractivity contribution in [3.63, 3.8) is 0 Å². The maximum Gasteiger partial charge on any atom is 0.321 e. The second-order valence-corrected chi connectivity index (χ2v) is 6.49. The predicted octanol–water partition coefficient (Wildman–Crippen LogP) is 3.44. The highest BCUT2D eigenvalue weighted by Crippen LogP contribution is 2.37. The van der Waals surface area contributed by atoms with Crippen LogP contribution in [-0.2, 0) is 7.05 Å². The smallest absolute Gasteiger partial charge is 0.321 e. The number of anilines is 1. The number of carbonyl (C=O) groups excluding carboxylic acids is 1. The Bertz CT molecular complexity index is 678. The second-order valence-electron chi connectivity index (χ2n) is 6.49. The minimum absolute atomic E-state index is 0.0537. The van der Waals surface area contributed by atoms with Crippen LogP contribution in [0.4, 0.5) is 10.5 Å². The Labute approximate surface area is 124 Å². The quantitative estimate of drug-likeness (QED) is 0.855. The van der Waals surface area contributed by atoms with Crippen molar-refractivity contribution in [1.82, 2.24) is 9.47 Å².